The molecule has 0 aliphatic heterocycles. The Hall–Kier alpha value is -2.27. The maximum absolute atomic E-state index is 5.98. The number of imidazole rings is 1. The zero-order chi connectivity index (χ0) is 12.5. The quantitative estimate of drug-likeness (QED) is 0.740. The van der Waals surface area contributed by atoms with Crippen molar-refractivity contribution in [1.82, 2.24) is 19.5 Å². The van der Waals surface area contributed by atoms with Gasteiger partial charge in [0.25, 0.3) is 0 Å². The van der Waals surface area contributed by atoms with Gasteiger partial charge in [-0.2, -0.15) is 0 Å². The predicted octanol–water partition coefficient (Wildman–Crippen LogP) is 1.84. The number of fused-ring (bicyclic) bond motifs is 1. The summed E-state index contributed by atoms with van der Waals surface area (Å²) in [6.45, 7) is 1.90. The molecule has 3 rings (SSSR count). The van der Waals surface area contributed by atoms with Crippen molar-refractivity contribution < 1.29 is 0 Å². The van der Waals surface area contributed by atoms with E-state index in [4.69, 9.17) is 5.73 Å². The Labute approximate surface area is 104 Å². The summed E-state index contributed by atoms with van der Waals surface area (Å²) in [7, 11) is 0. The molecule has 18 heavy (non-hydrogen) atoms. The topological polar surface area (TPSA) is 69.6 Å². The monoisotopic (exact) mass is 239 g/mol. The predicted molar refractivity (Wildman–Crippen MR) is 69.3 cm³/mol. The fourth-order valence-electron chi connectivity index (χ4n) is 1.96. The van der Waals surface area contributed by atoms with Gasteiger partial charge in [0, 0.05) is 12.4 Å². The van der Waals surface area contributed by atoms with Crippen LogP contribution in [0.25, 0.3) is 17.0 Å². The van der Waals surface area contributed by atoms with Crippen LogP contribution in [0.1, 0.15) is 18.8 Å². The standard InChI is InChI=1S/C13H13N5/c1-9(14)13-17-12-10(5-4-8-16-12)18(13)11-6-2-3-7-15-11/h2-9H,14H2,1H3/t9-/m1/s1. The van der Waals surface area contributed by atoms with Crippen molar-refractivity contribution in [3.8, 4) is 5.82 Å². The summed E-state index contributed by atoms with van der Waals surface area (Å²) in [6, 6.07) is 9.42. The molecule has 0 aliphatic carbocycles. The summed E-state index contributed by atoms with van der Waals surface area (Å²) >= 11 is 0. The van der Waals surface area contributed by atoms with E-state index in [0.29, 0.717) is 5.65 Å². The molecule has 5 heteroatoms. The molecule has 0 aromatic carbocycles. The Kier molecular flexibility index (Phi) is 2.53. The summed E-state index contributed by atoms with van der Waals surface area (Å²) in [5.41, 5.74) is 7.59. The first kappa shape index (κ1) is 10.9. The lowest BCUT2D eigenvalue weighted by Gasteiger charge is -2.09. The summed E-state index contributed by atoms with van der Waals surface area (Å²) in [4.78, 5) is 13.1. The number of rotatable bonds is 2. The molecule has 0 amide bonds. The second-order valence-electron chi connectivity index (χ2n) is 4.13. The molecule has 2 N–H and O–H groups in total. The van der Waals surface area contributed by atoms with E-state index < -0.39 is 0 Å². The van der Waals surface area contributed by atoms with Crippen molar-refractivity contribution in [2.75, 3.05) is 0 Å². The Morgan fingerprint density at radius 1 is 1.11 bits per heavy atom. The van der Waals surface area contributed by atoms with E-state index in [1.54, 1.807) is 12.4 Å². The van der Waals surface area contributed by atoms with Crippen LogP contribution in [-0.2, 0) is 0 Å². The molecule has 3 aromatic rings. The minimum Gasteiger partial charge on any atom is -0.322 e. The number of hydrogen-bond acceptors (Lipinski definition) is 4. The van der Waals surface area contributed by atoms with Crippen molar-refractivity contribution in [1.29, 1.82) is 0 Å². The van der Waals surface area contributed by atoms with Gasteiger partial charge in [-0.15, -0.1) is 0 Å². The smallest absolute Gasteiger partial charge is 0.178 e. The lowest BCUT2D eigenvalue weighted by Crippen LogP contribution is -2.13. The van der Waals surface area contributed by atoms with Crippen molar-refractivity contribution in [3.05, 3.63) is 48.5 Å². The number of nitrogens with two attached hydrogens (primary N) is 1. The molecule has 0 unspecified atom stereocenters. The van der Waals surface area contributed by atoms with Crippen LogP contribution in [0.2, 0.25) is 0 Å². The molecule has 0 bridgehead atoms. The zero-order valence-corrected chi connectivity index (χ0v) is 9.99. The average molecular weight is 239 g/mol. The molecule has 0 saturated carbocycles. The highest BCUT2D eigenvalue weighted by atomic mass is 15.2. The zero-order valence-electron chi connectivity index (χ0n) is 9.99. The van der Waals surface area contributed by atoms with E-state index in [1.807, 2.05) is 41.8 Å². The maximum Gasteiger partial charge on any atom is 0.178 e. The molecule has 0 radical (unpaired) electrons. The fourth-order valence-corrected chi connectivity index (χ4v) is 1.96. The normalized spacial score (nSPS) is 12.8. The first-order chi connectivity index (χ1) is 8.77. The minimum absolute atomic E-state index is 0.179. The second-order valence-corrected chi connectivity index (χ2v) is 4.13. The number of nitrogens with zero attached hydrogens (tertiary/aromatic N) is 4. The maximum atomic E-state index is 5.98. The minimum atomic E-state index is -0.179. The van der Waals surface area contributed by atoms with E-state index in [1.165, 1.54) is 0 Å². The Morgan fingerprint density at radius 2 is 1.94 bits per heavy atom. The molecule has 0 saturated heterocycles. The third-order valence-corrected chi connectivity index (χ3v) is 2.74. The van der Waals surface area contributed by atoms with Crippen LogP contribution in [0.3, 0.4) is 0 Å². The van der Waals surface area contributed by atoms with Crippen molar-refractivity contribution >= 4 is 11.2 Å². The fraction of sp³-hybridized carbons (Fsp3) is 0.154. The molecule has 0 fully saturated rings. The molecular weight excluding hydrogens is 226 g/mol. The van der Waals surface area contributed by atoms with Crippen LogP contribution >= 0.6 is 0 Å². The molecule has 1 atom stereocenters. The molecule has 90 valence electrons. The van der Waals surface area contributed by atoms with Crippen LogP contribution in [-0.4, -0.2) is 19.5 Å². The van der Waals surface area contributed by atoms with E-state index in [-0.39, 0.29) is 6.04 Å². The van der Waals surface area contributed by atoms with Gasteiger partial charge in [0.1, 0.15) is 11.6 Å². The van der Waals surface area contributed by atoms with E-state index in [9.17, 15) is 0 Å². The third kappa shape index (κ3) is 1.65. The van der Waals surface area contributed by atoms with Crippen molar-refractivity contribution in [2.45, 2.75) is 13.0 Å². The molecule has 3 aromatic heterocycles. The second kappa shape index (κ2) is 4.19. The molecule has 5 nitrogen and oxygen atoms in total. The van der Waals surface area contributed by atoms with Gasteiger partial charge in [-0.25, -0.2) is 15.0 Å². The SMILES string of the molecule is C[C@@H](N)c1nc2ncccc2n1-c1ccccn1. The Morgan fingerprint density at radius 3 is 2.67 bits per heavy atom. The molecule has 0 aliphatic rings. The molecule has 0 spiro atoms. The van der Waals surface area contributed by atoms with Crippen LogP contribution in [0.4, 0.5) is 0 Å². The van der Waals surface area contributed by atoms with Gasteiger partial charge in [-0.05, 0) is 31.2 Å². The number of hydrogen-bond donors (Lipinski definition) is 1. The van der Waals surface area contributed by atoms with Crippen LogP contribution in [0, 0.1) is 0 Å². The van der Waals surface area contributed by atoms with Gasteiger partial charge < -0.3 is 5.73 Å². The van der Waals surface area contributed by atoms with Gasteiger partial charge >= 0.3 is 0 Å². The van der Waals surface area contributed by atoms with Crippen LogP contribution < -0.4 is 5.73 Å². The van der Waals surface area contributed by atoms with E-state index in [0.717, 1.165) is 17.2 Å². The van der Waals surface area contributed by atoms with E-state index in [2.05, 4.69) is 15.0 Å². The summed E-state index contributed by atoms with van der Waals surface area (Å²) in [5.74, 6) is 1.57. The molecule has 3 heterocycles. The van der Waals surface area contributed by atoms with Crippen LogP contribution in [0.15, 0.2) is 42.7 Å². The van der Waals surface area contributed by atoms with Crippen molar-refractivity contribution in [2.24, 2.45) is 5.73 Å². The number of aromatic nitrogens is 4. The van der Waals surface area contributed by atoms with E-state index >= 15 is 0 Å². The van der Waals surface area contributed by atoms with Gasteiger partial charge in [0.2, 0.25) is 0 Å². The average Bonchev–Trinajstić information content (AvgIpc) is 2.79. The molecular formula is C13H13N5. The van der Waals surface area contributed by atoms with Crippen molar-refractivity contribution in [3.63, 3.8) is 0 Å². The third-order valence-electron chi connectivity index (χ3n) is 2.74. The van der Waals surface area contributed by atoms with Gasteiger partial charge in [-0.3, -0.25) is 4.57 Å². The van der Waals surface area contributed by atoms with Gasteiger partial charge in [0.05, 0.1) is 11.6 Å². The lowest BCUT2D eigenvalue weighted by molar-refractivity contribution is 0.721. The largest absolute Gasteiger partial charge is 0.322 e. The summed E-state index contributed by atoms with van der Waals surface area (Å²) in [6.07, 6.45) is 3.48. The van der Waals surface area contributed by atoms with Gasteiger partial charge in [0.15, 0.2) is 5.65 Å². The Balaban J connectivity index is 2.35. The summed E-state index contributed by atoms with van der Waals surface area (Å²) < 4.78 is 1.95. The van der Waals surface area contributed by atoms with Crippen LogP contribution in [0.5, 0.6) is 0 Å². The Bertz CT molecular complexity index is 672. The van der Waals surface area contributed by atoms with Gasteiger partial charge in [-0.1, -0.05) is 6.07 Å². The highest BCUT2D eigenvalue weighted by Gasteiger charge is 2.16. The first-order valence-corrected chi connectivity index (χ1v) is 5.78. The lowest BCUT2D eigenvalue weighted by atomic mass is 10.3. The highest BCUT2D eigenvalue weighted by molar-refractivity contribution is 5.73. The first-order valence-electron chi connectivity index (χ1n) is 5.78. The summed E-state index contributed by atoms with van der Waals surface area (Å²) in [5, 5.41) is 0. The number of pyridine rings is 2. The highest BCUT2D eigenvalue weighted by Crippen LogP contribution is 2.21.